The van der Waals surface area contributed by atoms with E-state index in [0.717, 1.165) is 5.69 Å². The van der Waals surface area contributed by atoms with Crippen molar-refractivity contribution in [2.75, 3.05) is 13.7 Å². The molecule has 0 saturated carbocycles. The van der Waals surface area contributed by atoms with Crippen LogP contribution in [0.1, 0.15) is 17.0 Å². The van der Waals surface area contributed by atoms with E-state index in [2.05, 4.69) is 54.9 Å². The molecule has 32 heavy (non-hydrogen) atoms. The first kappa shape index (κ1) is 23.2. The van der Waals surface area contributed by atoms with Gasteiger partial charge in [-0.25, -0.2) is 14.6 Å². The molecule has 0 radical (unpaired) electrons. The number of methoxy groups -OCH3 is 1. The molecule has 168 valence electrons. The molecular weight excluding hydrogens is 520 g/mol. The highest BCUT2D eigenvalue weighted by Gasteiger charge is 2.60. The van der Waals surface area contributed by atoms with E-state index < -0.39 is 35.9 Å². The molecule has 2 N–H and O–H groups in total. The van der Waals surface area contributed by atoms with Gasteiger partial charge < -0.3 is 19.7 Å². The summed E-state index contributed by atoms with van der Waals surface area (Å²) in [5.74, 6) is 0. The van der Waals surface area contributed by atoms with Gasteiger partial charge in [0, 0.05) is 34.4 Å². The number of hydrogen-bond donors (Lipinski definition) is 3. The summed E-state index contributed by atoms with van der Waals surface area (Å²) in [4.78, 5) is 8.66. The molecule has 5 atom stereocenters. The first-order valence-corrected chi connectivity index (χ1v) is 11.6. The van der Waals surface area contributed by atoms with Crippen molar-refractivity contribution in [3.8, 4) is 16.8 Å². The third kappa shape index (κ3) is 3.65. The van der Waals surface area contributed by atoms with E-state index in [1.807, 2.05) is 12.3 Å². The molecule has 4 heterocycles. The average molecular weight is 539 g/mol. The largest absolute Gasteiger partial charge is 0.394 e. The standard InChI is InChI=1S/C19H19BrN6O4S2/c1-9-8-32-17(23-9)13-6-26(25-24-13)19(11-3-10(20)5-22-12(11)4-21)15(28)14(7-27)30-18(31)16(19)29-2/h3,5-6,8,14-16,18,27-28,31H,7H2,1-2H3/t14-,15+,16+,18-,19+/m0/s1. The van der Waals surface area contributed by atoms with Gasteiger partial charge in [0.1, 0.15) is 51.8 Å². The van der Waals surface area contributed by atoms with Gasteiger partial charge in [0.05, 0.1) is 12.8 Å². The van der Waals surface area contributed by atoms with Gasteiger partial charge in [-0.3, -0.25) is 0 Å². The van der Waals surface area contributed by atoms with Crippen LogP contribution in [0.25, 0.3) is 10.7 Å². The fraction of sp³-hybridized carbons (Fsp3) is 0.421. The fourth-order valence-electron chi connectivity index (χ4n) is 3.98. The van der Waals surface area contributed by atoms with Gasteiger partial charge >= 0.3 is 0 Å². The molecular formula is C19H19BrN6O4S2. The third-order valence-corrected chi connectivity index (χ3v) is 7.16. The molecule has 3 aromatic rings. The number of ether oxygens (including phenoxy) is 2. The number of aryl methyl sites for hydroxylation is 1. The molecule has 0 aliphatic carbocycles. The summed E-state index contributed by atoms with van der Waals surface area (Å²) >= 11 is 9.32. The molecule has 1 saturated heterocycles. The third-order valence-electron chi connectivity index (χ3n) is 5.35. The van der Waals surface area contributed by atoms with E-state index in [1.54, 1.807) is 12.3 Å². The Bertz CT molecular complexity index is 1170. The predicted octanol–water partition coefficient (Wildman–Crippen LogP) is 1.51. The number of halogens is 1. The van der Waals surface area contributed by atoms with E-state index in [0.29, 0.717) is 20.7 Å². The lowest BCUT2D eigenvalue weighted by Crippen LogP contribution is -2.68. The van der Waals surface area contributed by atoms with Crippen molar-refractivity contribution in [1.29, 1.82) is 5.26 Å². The summed E-state index contributed by atoms with van der Waals surface area (Å²) in [6.45, 7) is 1.38. The number of pyridine rings is 1. The maximum atomic E-state index is 11.5. The number of nitrogens with zero attached hydrogens (tertiary/aromatic N) is 6. The Balaban J connectivity index is 2.03. The Morgan fingerprint density at radius 3 is 2.91 bits per heavy atom. The van der Waals surface area contributed by atoms with E-state index in [9.17, 15) is 15.5 Å². The molecule has 0 unspecified atom stereocenters. The maximum absolute atomic E-state index is 11.5. The molecule has 3 aromatic heterocycles. The van der Waals surface area contributed by atoms with Gasteiger partial charge in [-0.05, 0) is 28.9 Å². The number of aromatic nitrogens is 5. The summed E-state index contributed by atoms with van der Waals surface area (Å²) in [5, 5.41) is 42.4. The molecule has 1 fully saturated rings. The highest BCUT2D eigenvalue weighted by atomic mass is 79.9. The van der Waals surface area contributed by atoms with Crippen LogP contribution >= 0.6 is 39.9 Å². The summed E-state index contributed by atoms with van der Waals surface area (Å²) < 4.78 is 13.5. The Kier molecular flexibility index (Phi) is 6.64. The lowest BCUT2D eigenvalue weighted by Gasteiger charge is -2.51. The van der Waals surface area contributed by atoms with E-state index >= 15 is 0 Å². The molecule has 1 aliphatic rings. The Morgan fingerprint density at radius 2 is 2.28 bits per heavy atom. The molecule has 0 amide bonds. The SMILES string of the molecule is CO[C@@H]1[C@H](S)O[C@@H](CO)[C@@H](O)[C@@]1(c1cc(Br)cnc1C#N)n1cc(-c2nc(C)cs2)nn1. The lowest BCUT2D eigenvalue weighted by atomic mass is 9.75. The van der Waals surface area contributed by atoms with Crippen LogP contribution < -0.4 is 0 Å². The summed E-state index contributed by atoms with van der Waals surface area (Å²) in [6, 6.07) is 3.73. The van der Waals surface area contributed by atoms with Crippen molar-refractivity contribution in [3.63, 3.8) is 0 Å². The van der Waals surface area contributed by atoms with Crippen LogP contribution in [-0.2, 0) is 15.0 Å². The first-order chi connectivity index (χ1) is 15.4. The molecule has 13 heteroatoms. The second kappa shape index (κ2) is 9.14. The predicted molar refractivity (Wildman–Crippen MR) is 121 cm³/mol. The van der Waals surface area contributed by atoms with Crippen LogP contribution in [-0.4, -0.2) is 72.6 Å². The van der Waals surface area contributed by atoms with Crippen molar-refractivity contribution < 1.29 is 19.7 Å². The van der Waals surface area contributed by atoms with E-state index in [4.69, 9.17) is 9.47 Å². The van der Waals surface area contributed by atoms with Crippen molar-refractivity contribution in [2.24, 2.45) is 0 Å². The number of rotatable bonds is 5. The zero-order valence-corrected chi connectivity index (χ0v) is 20.3. The quantitative estimate of drug-likeness (QED) is 0.412. The zero-order valence-electron chi connectivity index (χ0n) is 17.0. The maximum Gasteiger partial charge on any atom is 0.150 e. The summed E-state index contributed by atoms with van der Waals surface area (Å²) in [6.07, 6.45) is -0.258. The van der Waals surface area contributed by atoms with Crippen molar-refractivity contribution in [3.05, 3.63) is 45.3 Å². The molecule has 1 aliphatic heterocycles. The van der Waals surface area contributed by atoms with Crippen molar-refractivity contribution >= 4 is 39.9 Å². The average Bonchev–Trinajstić information content (AvgIpc) is 3.44. The Labute approximate surface area is 201 Å². The highest BCUT2D eigenvalue weighted by molar-refractivity contribution is 9.10. The first-order valence-electron chi connectivity index (χ1n) is 9.43. The van der Waals surface area contributed by atoms with Gasteiger partial charge in [0.15, 0.2) is 0 Å². The molecule has 0 spiro atoms. The normalized spacial score (nSPS) is 27.9. The van der Waals surface area contributed by atoms with Crippen molar-refractivity contribution in [2.45, 2.75) is 36.2 Å². The van der Waals surface area contributed by atoms with E-state index in [1.165, 1.54) is 29.3 Å². The lowest BCUT2D eigenvalue weighted by molar-refractivity contribution is -0.213. The smallest absolute Gasteiger partial charge is 0.150 e. The fourth-order valence-corrected chi connectivity index (χ4v) is 5.57. The second-order valence-corrected chi connectivity index (χ2v) is 9.46. The van der Waals surface area contributed by atoms with Crippen LogP contribution in [0, 0.1) is 18.3 Å². The number of aliphatic hydroxyl groups excluding tert-OH is 2. The zero-order chi connectivity index (χ0) is 23.0. The summed E-state index contributed by atoms with van der Waals surface area (Å²) in [5.41, 5.74) is -0.730. The minimum absolute atomic E-state index is 0.0515. The van der Waals surface area contributed by atoms with Crippen LogP contribution in [0.3, 0.4) is 0 Å². The molecule has 4 rings (SSSR count). The van der Waals surface area contributed by atoms with Gasteiger partial charge in [0.2, 0.25) is 0 Å². The minimum atomic E-state index is -1.55. The van der Waals surface area contributed by atoms with Gasteiger partial charge in [0.25, 0.3) is 0 Å². The number of hydrogen-bond acceptors (Lipinski definition) is 11. The number of thiazole rings is 1. The Morgan fingerprint density at radius 1 is 1.50 bits per heavy atom. The monoisotopic (exact) mass is 538 g/mol. The minimum Gasteiger partial charge on any atom is -0.394 e. The number of aliphatic hydroxyl groups is 2. The van der Waals surface area contributed by atoms with Crippen LogP contribution in [0.2, 0.25) is 0 Å². The van der Waals surface area contributed by atoms with Crippen LogP contribution in [0.15, 0.2) is 28.3 Å². The molecule has 0 aromatic carbocycles. The van der Waals surface area contributed by atoms with Crippen molar-refractivity contribution in [1.82, 2.24) is 25.0 Å². The summed E-state index contributed by atoms with van der Waals surface area (Å²) in [7, 11) is 1.44. The van der Waals surface area contributed by atoms with E-state index in [-0.39, 0.29) is 5.69 Å². The van der Waals surface area contributed by atoms with Gasteiger partial charge in [-0.15, -0.1) is 29.1 Å². The van der Waals surface area contributed by atoms with Crippen LogP contribution in [0.4, 0.5) is 0 Å². The second-order valence-electron chi connectivity index (χ2n) is 7.18. The van der Waals surface area contributed by atoms with Crippen LogP contribution in [0.5, 0.6) is 0 Å². The molecule has 0 bridgehead atoms. The Hall–Kier alpha value is -1.92. The van der Waals surface area contributed by atoms with Gasteiger partial charge in [-0.2, -0.15) is 5.26 Å². The molecule has 10 nitrogen and oxygen atoms in total. The highest BCUT2D eigenvalue weighted by Crippen LogP contribution is 2.45. The topological polar surface area (TPSA) is 139 Å². The van der Waals surface area contributed by atoms with Gasteiger partial charge in [-0.1, -0.05) is 5.21 Å². The number of thiol groups is 1. The number of nitriles is 1.